The van der Waals surface area contributed by atoms with E-state index in [0.717, 1.165) is 33.0 Å². The third-order valence-corrected chi connectivity index (χ3v) is 6.75. The molecule has 0 aliphatic rings. The number of amides is 1. The van der Waals surface area contributed by atoms with Crippen molar-refractivity contribution in [3.63, 3.8) is 0 Å². The van der Waals surface area contributed by atoms with Crippen LogP contribution in [0, 0.1) is 27.7 Å². The lowest BCUT2D eigenvalue weighted by atomic mass is 10.0. The quantitative estimate of drug-likeness (QED) is 0.129. The first-order chi connectivity index (χ1) is 19.5. The molecule has 0 radical (unpaired) electrons. The normalized spacial score (nSPS) is 11.7. The summed E-state index contributed by atoms with van der Waals surface area (Å²) in [6.45, 7) is 8.96. The van der Waals surface area contributed by atoms with Crippen LogP contribution in [0.4, 0.5) is 34.1 Å². The largest absolute Gasteiger partial charge is 0.507 e. The van der Waals surface area contributed by atoms with Crippen molar-refractivity contribution in [1.82, 2.24) is 0 Å². The number of aromatic hydroxyl groups is 2. The monoisotopic (exact) mass is 546 g/mol. The highest BCUT2D eigenvalue weighted by atomic mass is 16.3. The minimum atomic E-state index is -0.289. The minimum Gasteiger partial charge on any atom is -0.507 e. The Labute approximate surface area is 237 Å². The van der Waals surface area contributed by atoms with Gasteiger partial charge in [-0.3, -0.25) is 4.79 Å². The molecule has 41 heavy (non-hydrogen) atoms. The van der Waals surface area contributed by atoms with Gasteiger partial charge in [-0.2, -0.15) is 5.11 Å². The summed E-state index contributed by atoms with van der Waals surface area (Å²) < 4.78 is 0. The van der Waals surface area contributed by atoms with Crippen LogP contribution in [0.2, 0.25) is 0 Å². The number of nitrogens with zero attached hydrogens (tertiary/aromatic N) is 4. The second kappa shape index (κ2) is 10.7. The smallest absolute Gasteiger partial charge is 0.221 e. The zero-order chi connectivity index (χ0) is 29.4. The molecule has 9 heteroatoms. The van der Waals surface area contributed by atoms with Crippen molar-refractivity contribution in [2.75, 3.05) is 11.1 Å². The third-order valence-electron chi connectivity index (χ3n) is 6.75. The SMILES string of the molecule is CC(=O)Nc1cc(N=Nc2c(C)cc3ccc(N)cc3c2O)c(C)cc1N=Nc1cc(C)cc2cc(C)cc(O)c12. The van der Waals surface area contributed by atoms with Gasteiger partial charge in [-0.15, -0.1) is 15.3 Å². The lowest BCUT2D eigenvalue weighted by Gasteiger charge is -2.11. The molecule has 0 unspecified atom stereocenters. The van der Waals surface area contributed by atoms with Crippen LogP contribution in [0.1, 0.15) is 29.2 Å². The first-order valence-corrected chi connectivity index (χ1v) is 13.0. The van der Waals surface area contributed by atoms with Crippen molar-refractivity contribution in [3.8, 4) is 11.5 Å². The van der Waals surface area contributed by atoms with Crippen molar-refractivity contribution in [2.24, 2.45) is 20.5 Å². The predicted octanol–water partition coefficient (Wildman–Crippen LogP) is 9.01. The van der Waals surface area contributed by atoms with Gasteiger partial charge in [0.15, 0.2) is 5.75 Å². The summed E-state index contributed by atoms with van der Waals surface area (Å²) in [6, 6.07) is 18.1. The van der Waals surface area contributed by atoms with Gasteiger partial charge in [-0.25, -0.2) is 0 Å². The van der Waals surface area contributed by atoms with Gasteiger partial charge in [0, 0.05) is 18.0 Å². The molecule has 0 aliphatic heterocycles. The van der Waals surface area contributed by atoms with E-state index in [4.69, 9.17) is 5.73 Å². The molecule has 0 fully saturated rings. The Morgan fingerprint density at radius 1 is 0.732 bits per heavy atom. The summed E-state index contributed by atoms with van der Waals surface area (Å²) >= 11 is 0. The first kappa shape index (κ1) is 27.3. The summed E-state index contributed by atoms with van der Waals surface area (Å²) in [4.78, 5) is 12.0. The van der Waals surface area contributed by atoms with E-state index in [1.165, 1.54) is 6.92 Å². The first-order valence-electron chi connectivity index (χ1n) is 13.0. The summed E-state index contributed by atoms with van der Waals surface area (Å²) in [6.07, 6.45) is 0. The van der Waals surface area contributed by atoms with E-state index in [9.17, 15) is 15.0 Å². The fourth-order valence-electron chi connectivity index (χ4n) is 4.86. The number of hydrogen-bond acceptors (Lipinski definition) is 8. The van der Waals surface area contributed by atoms with E-state index in [1.54, 1.807) is 30.3 Å². The lowest BCUT2D eigenvalue weighted by molar-refractivity contribution is -0.114. The van der Waals surface area contributed by atoms with E-state index in [-0.39, 0.29) is 17.4 Å². The molecule has 5 rings (SSSR count). The topological polar surface area (TPSA) is 145 Å². The molecule has 5 aromatic rings. The number of aryl methyl sites for hydroxylation is 4. The van der Waals surface area contributed by atoms with E-state index < -0.39 is 0 Å². The molecule has 0 saturated carbocycles. The molecule has 0 heterocycles. The van der Waals surface area contributed by atoms with Gasteiger partial charge in [0.1, 0.15) is 17.1 Å². The highest BCUT2D eigenvalue weighted by molar-refractivity contribution is 5.99. The highest BCUT2D eigenvalue weighted by Crippen LogP contribution is 2.42. The van der Waals surface area contributed by atoms with Gasteiger partial charge in [0.2, 0.25) is 5.91 Å². The third kappa shape index (κ3) is 5.56. The van der Waals surface area contributed by atoms with Gasteiger partial charge < -0.3 is 21.3 Å². The Hall–Kier alpha value is -5.31. The van der Waals surface area contributed by atoms with Crippen LogP contribution in [0.25, 0.3) is 21.5 Å². The van der Waals surface area contributed by atoms with Gasteiger partial charge in [-0.1, -0.05) is 18.2 Å². The molecule has 0 atom stereocenters. The molecule has 5 N–H and O–H groups in total. The van der Waals surface area contributed by atoms with E-state index >= 15 is 0 Å². The number of nitrogen functional groups attached to an aromatic ring is 1. The van der Waals surface area contributed by atoms with Crippen molar-refractivity contribution < 1.29 is 15.0 Å². The van der Waals surface area contributed by atoms with Crippen LogP contribution < -0.4 is 11.1 Å². The number of phenolic OH excluding ortho intramolecular Hbond substituents is 2. The molecule has 1 amide bonds. The maximum Gasteiger partial charge on any atom is 0.221 e. The number of carbonyl (C=O) groups is 1. The van der Waals surface area contributed by atoms with Crippen molar-refractivity contribution in [2.45, 2.75) is 34.6 Å². The van der Waals surface area contributed by atoms with Crippen molar-refractivity contribution >= 4 is 61.6 Å². The molecule has 0 spiro atoms. The molecular formula is C32H30N6O3. The van der Waals surface area contributed by atoms with Gasteiger partial charge >= 0.3 is 0 Å². The van der Waals surface area contributed by atoms with Gasteiger partial charge in [0.05, 0.1) is 22.4 Å². The Morgan fingerprint density at radius 3 is 2.15 bits per heavy atom. The standard InChI is InChI=1S/C32H30N6O3/c1-16-8-22-9-17(2)11-29(40)30(22)28(10-16)37-36-27-13-18(3)25(15-26(27)34-20(5)39)35-38-31-19(4)12-21-6-7-23(33)14-24(21)32(31)41/h6-15,40-41H,33H2,1-5H3,(H,34,39). The molecule has 9 nitrogen and oxygen atoms in total. The van der Waals surface area contributed by atoms with Crippen LogP contribution in [0.15, 0.2) is 81.1 Å². The van der Waals surface area contributed by atoms with Crippen molar-refractivity contribution in [3.05, 3.63) is 82.9 Å². The zero-order valence-corrected chi connectivity index (χ0v) is 23.4. The fourth-order valence-corrected chi connectivity index (χ4v) is 4.86. The maximum absolute atomic E-state index is 12.0. The number of nitrogens with two attached hydrogens (primary N) is 1. The number of carbonyl (C=O) groups excluding carboxylic acids is 1. The molecule has 0 saturated heterocycles. The van der Waals surface area contributed by atoms with Crippen LogP contribution >= 0.6 is 0 Å². The van der Waals surface area contributed by atoms with E-state index in [1.807, 2.05) is 58.0 Å². The van der Waals surface area contributed by atoms with Crippen LogP contribution in [-0.4, -0.2) is 16.1 Å². The number of nitrogens with one attached hydrogen (secondary N) is 1. The van der Waals surface area contributed by atoms with E-state index in [0.29, 0.717) is 44.9 Å². The Balaban J connectivity index is 1.56. The molecular weight excluding hydrogens is 516 g/mol. The molecule has 0 aromatic heterocycles. The maximum atomic E-state index is 12.0. The Bertz CT molecular complexity index is 1920. The summed E-state index contributed by atoms with van der Waals surface area (Å²) in [5.74, 6) is -0.175. The fraction of sp³-hybridized carbons (Fsp3) is 0.156. The second-order valence-corrected chi connectivity index (χ2v) is 10.3. The number of rotatable bonds is 5. The average molecular weight is 547 g/mol. The summed E-state index contributed by atoms with van der Waals surface area (Å²) in [5, 5.41) is 44.9. The lowest BCUT2D eigenvalue weighted by Crippen LogP contribution is -2.05. The number of phenols is 2. The molecule has 5 aromatic carbocycles. The second-order valence-electron chi connectivity index (χ2n) is 10.3. The number of hydrogen-bond donors (Lipinski definition) is 4. The van der Waals surface area contributed by atoms with Crippen LogP contribution in [0.3, 0.4) is 0 Å². The Kier molecular flexibility index (Phi) is 7.11. The van der Waals surface area contributed by atoms with Gasteiger partial charge in [0.25, 0.3) is 0 Å². The van der Waals surface area contributed by atoms with Crippen molar-refractivity contribution in [1.29, 1.82) is 0 Å². The predicted molar refractivity (Wildman–Crippen MR) is 164 cm³/mol. The van der Waals surface area contributed by atoms with Crippen LogP contribution in [0.5, 0.6) is 11.5 Å². The van der Waals surface area contributed by atoms with Gasteiger partial charge in [-0.05, 0) is 103 Å². The number of fused-ring (bicyclic) bond motifs is 2. The van der Waals surface area contributed by atoms with Crippen LogP contribution in [-0.2, 0) is 4.79 Å². The highest BCUT2D eigenvalue weighted by Gasteiger charge is 2.14. The van der Waals surface area contributed by atoms with E-state index in [2.05, 4.69) is 25.8 Å². The molecule has 0 aliphatic carbocycles. The number of benzene rings is 5. The summed E-state index contributed by atoms with van der Waals surface area (Å²) in [7, 11) is 0. The number of azo groups is 2. The molecule has 206 valence electrons. The average Bonchev–Trinajstić information content (AvgIpc) is 2.88. The Morgan fingerprint density at radius 2 is 1.41 bits per heavy atom. The summed E-state index contributed by atoms with van der Waals surface area (Å²) in [5.41, 5.74) is 12.0. The minimum absolute atomic E-state index is 0.00923. The number of anilines is 2. The molecule has 0 bridgehead atoms. The zero-order valence-electron chi connectivity index (χ0n) is 23.4.